The summed E-state index contributed by atoms with van der Waals surface area (Å²) >= 11 is 8.99. The summed E-state index contributed by atoms with van der Waals surface area (Å²) in [5, 5.41) is 2.92. The van der Waals surface area contributed by atoms with E-state index in [1.807, 2.05) is 25.1 Å². The zero-order valence-corrected chi connectivity index (χ0v) is 11.3. The summed E-state index contributed by atoms with van der Waals surface area (Å²) in [6.07, 6.45) is 0. The zero-order valence-electron chi connectivity index (χ0n) is 8.96. The summed E-state index contributed by atoms with van der Waals surface area (Å²) in [5.41, 5.74) is 1.80. The minimum absolute atomic E-state index is 0.183. The van der Waals surface area contributed by atoms with Crippen LogP contribution in [0.4, 0.5) is 5.69 Å². The molecular formula is C12H9BrClNO2. The first kappa shape index (κ1) is 12.2. The van der Waals surface area contributed by atoms with Gasteiger partial charge in [-0.3, -0.25) is 4.79 Å². The van der Waals surface area contributed by atoms with Crippen molar-refractivity contribution >= 4 is 39.1 Å². The molecule has 0 radical (unpaired) electrons. The summed E-state index contributed by atoms with van der Waals surface area (Å²) in [6.45, 7) is 1.97. The Kier molecular flexibility index (Phi) is 3.54. The van der Waals surface area contributed by atoms with Crippen LogP contribution in [-0.2, 0) is 0 Å². The summed E-state index contributed by atoms with van der Waals surface area (Å²) in [4.78, 5) is 11.8. The largest absolute Gasteiger partial charge is 0.440 e. The first-order valence-electron chi connectivity index (χ1n) is 4.89. The zero-order chi connectivity index (χ0) is 12.4. The van der Waals surface area contributed by atoms with Crippen LogP contribution in [0.1, 0.15) is 16.1 Å². The van der Waals surface area contributed by atoms with Gasteiger partial charge in [0.2, 0.25) is 0 Å². The van der Waals surface area contributed by atoms with E-state index in [0.717, 1.165) is 10.0 Å². The van der Waals surface area contributed by atoms with Gasteiger partial charge >= 0.3 is 0 Å². The molecule has 0 unspecified atom stereocenters. The third kappa shape index (κ3) is 2.90. The van der Waals surface area contributed by atoms with Gasteiger partial charge in [-0.25, -0.2) is 0 Å². The average molecular weight is 315 g/mol. The van der Waals surface area contributed by atoms with Crippen molar-refractivity contribution < 1.29 is 9.21 Å². The van der Waals surface area contributed by atoms with Gasteiger partial charge in [0.15, 0.2) is 11.0 Å². The van der Waals surface area contributed by atoms with Gasteiger partial charge < -0.3 is 9.73 Å². The second-order valence-electron chi connectivity index (χ2n) is 3.54. The third-order valence-electron chi connectivity index (χ3n) is 2.17. The van der Waals surface area contributed by atoms with Crippen LogP contribution in [0, 0.1) is 6.92 Å². The van der Waals surface area contributed by atoms with Gasteiger partial charge in [-0.1, -0.05) is 6.07 Å². The number of nitrogens with one attached hydrogen (secondary N) is 1. The lowest BCUT2D eigenvalue weighted by molar-refractivity contribution is 0.0996. The molecule has 1 aromatic heterocycles. The van der Waals surface area contributed by atoms with Crippen molar-refractivity contribution in [2.24, 2.45) is 0 Å². The van der Waals surface area contributed by atoms with Crippen LogP contribution in [0.2, 0.25) is 5.22 Å². The van der Waals surface area contributed by atoms with E-state index in [2.05, 4.69) is 21.2 Å². The molecule has 0 spiro atoms. The fraction of sp³-hybridized carbons (Fsp3) is 0.0833. The van der Waals surface area contributed by atoms with Crippen molar-refractivity contribution in [1.29, 1.82) is 0 Å². The number of hydrogen-bond acceptors (Lipinski definition) is 2. The van der Waals surface area contributed by atoms with E-state index in [4.69, 9.17) is 16.0 Å². The van der Waals surface area contributed by atoms with Crippen LogP contribution in [0.3, 0.4) is 0 Å². The van der Waals surface area contributed by atoms with Crippen LogP contribution >= 0.6 is 27.5 Å². The summed E-state index contributed by atoms with van der Waals surface area (Å²) in [5.74, 6) is -0.149. The first-order valence-corrected chi connectivity index (χ1v) is 6.06. The number of aryl methyl sites for hydroxylation is 1. The lowest BCUT2D eigenvalue weighted by Gasteiger charge is -2.06. The highest BCUT2D eigenvalue weighted by Gasteiger charge is 2.12. The van der Waals surface area contributed by atoms with Gasteiger partial charge in [-0.15, -0.1) is 0 Å². The molecule has 0 aliphatic rings. The van der Waals surface area contributed by atoms with E-state index >= 15 is 0 Å². The molecule has 1 heterocycles. The molecule has 0 bridgehead atoms. The smallest absolute Gasteiger partial charge is 0.291 e. The number of benzene rings is 1. The molecule has 1 amide bonds. The maximum absolute atomic E-state index is 11.8. The van der Waals surface area contributed by atoms with Crippen LogP contribution < -0.4 is 5.32 Å². The molecular weight excluding hydrogens is 305 g/mol. The second kappa shape index (κ2) is 4.94. The molecule has 0 saturated heterocycles. The lowest BCUT2D eigenvalue weighted by atomic mass is 10.2. The SMILES string of the molecule is Cc1ccc(NC(=O)c2ccc(Cl)o2)c(Br)c1. The Labute approximate surface area is 112 Å². The van der Waals surface area contributed by atoms with Gasteiger partial charge in [-0.2, -0.15) is 0 Å². The molecule has 17 heavy (non-hydrogen) atoms. The molecule has 1 N–H and O–H groups in total. The highest BCUT2D eigenvalue weighted by molar-refractivity contribution is 9.10. The molecule has 0 aliphatic carbocycles. The highest BCUT2D eigenvalue weighted by Crippen LogP contribution is 2.24. The Balaban J connectivity index is 2.18. The Hall–Kier alpha value is -1.26. The summed E-state index contributed by atoms with van der Waals surface area (Å²) < 4.78 is 5.84. The van der Waals surface area contributed by atoms with Crippen molar-refractivity contribution in [2.45, 2.75) is 6.92 Å². The Morgan fingerprint density at radius 3 is 2.71 bits per heavy atom. The molecule has 88 valence electrons. The molecule has 5 heteroatoms. The number of carbonyl (C=O) groups is 1. The topological polar surface area (TPSA) is 42.2 Å². The Morgan fingerprint density at radius 2 is 2.12 bits per heavy atom. The number of carbonyl (C=O) groups excluding carboxylic acids is 1. The second-order valence-corrected chi connectivity index (χ2v) is 4.77. The minimum Gasteiger partial charge on any atom is -0.440 e. The summed E-state index contributed by atoms with van der Waals surface area (Å²) in [7, 11) is 0. The third-order valence-corrected chi connectivity index (χ3v) is 3.03. The van der Waals surface area contributed by atoms with E-state index in [-0.39, 0.29) is 16.9 Å². The molecule has 2 aromatic rings. The number of rotatable bonds is 2. The van der Waals surface area contributed by atoms with Gasteiger partial charge in [0.05, 0.1) is 5.69 Å². The van der Waals surface area contributed by atoms with Crippen LogP contribution in [0.25, 0.3) is 0 Å². The van der Waals surface area contributed by atoms with Gasteiger partial charge in [0.1, 0.15) is 0 Å². The predicted octanol–water partition coefficient (Wildman–Crippen LogP) is 4.26. The maximum atomic E-state index is 11.8. The van der Waals surface area contributed by atoms with E-state index < -0.39 is 0 Å². The van der Waals surface area contributed by atoms with Crippen LogP contribution in [-0.4, -0.2) is 5.91 Å². The Morgan fingerprint density at radius 1 is 1.35 bits per heavy atom. The number of hydrogen-bond donors (Lipinski definition) is 1. The molecule has 1 aromatic carbocycles. The molecule has 0 aliphatic heterocycles. The quantitative estimate of drug-likeness (QED) is 0.900. The fourth-order valence-electron chi connectivity index (χ4n) is 1.34. The number of furan rings is 1. The summed E-state index contributed by atoms with van der Waals surface area (Å²) in [6, 6.07) is 8.71. The van der Waals surface area contributed by atoms with E-state index in [0.29, 0.717) is 5.69 Å². The van der Waals surface area contributed by atoms with Gasteiger partial charge in [0, 0.05) is 4.47 Å². The number of anilines is 1. The lowest BCUT2D eigenvalue weighted by Crippen LogP contribution is -2.11. The minimum atomic E-state index is -0.332. The van der Waals surface area contributed by atoms with E-state index in [1.165, 1.54) is 12.1 Å². The van der Waals surface area contributed by atoms with Crippen molar-refractivity contribution in [1.82, 2.24) is 0 Å². The predicted molar refractivity (Wildman–Crippen MR) is 70.6 cm³/mol. The fourth-order valence-corrected chi connectivity index (χ4v) is 2.08. The maximum Gasteiger partial charge on any atom is 0.291 e. The monoisotopic (exact) mass is 313 g/mol. The normalized spacial score (nSPS) is 10.3. The molecule has 3 nitrogen and oxygen atoms in total. The van der Waals surface area contributed by atoms with Gasteiger partial charge in [-0.05, 0) is 64.3 Å². The van der Waals surface area contributed by atoms with E-state index in [9.17, 15) is 4.79 Å². The van der Waals surface area contributed by atoms with Crippen molar-refractivity contribution in [3.05, 3.63) is 51.3 Å². The molecule has 0 atom stereocenters. The molecule has 0 fully saturated rings. The Bertz CT molecular complexity index is 565. The van der Waals surface area contributed by atoms with Crippen molar-refractivity contribution in [3.8, 4) is 0 Å². The van der Waals surface area contributed by atoms with Gasteiger partial charge in [0.25, 0.3) is 5.91 Å². The van der Waals surface area contributed by atoms with Crippen molar-refractivity contribution in [3.63, 3.8) is 0 Å². The average Bonchev–Trinajstić information content (AvgIpc) is 2.69. The number of amides is 1. The number of halogens is 2. The van der Waals surface area contributed by atoms with Crippen LogP contribution in [0.15, 0.2) is 39.2 Å². The molecule has 0 saturated carbocycles. The van der Waals surface area contributed by atoms with Crippen molar-refractivity contribution in [2.75, 3.05) is 5.32 Å². The first-order chi connectivity index (χ1) is 8.06. The van der Waals surface area contributed by atoms with E-state index in [1.54, 1.807) is 0 Å². The van der Waals surface area contributed by atoms with Crippen LogP contribution in [0.5, 0.6) is 0 Å². The molecule has 2 rings (SSSR count). The standard InChI is InChI=1S/C12H9BrClNO2/c1-7-2-3-9(8(13)6-7)15-12(16)10-4-5-11(14)17-10/h2-6H,1H3,(H,15,16). The highest BCUT2D eigenvalue weighted by atomic mass is 79.9.